The molecule has 1 amide bonds. The monoisotopic (exact) mass is 362 g/mol. The zero-order valence-electron chi connectivity index (χ0n) is 16.8. The number of amides is 1. The molecular weight excluding hydrogens is 328 g/mol. The number of hydrogen-bond acceptors (Lipinski definition) is 3. The first-order chi connectivity index (χ1) is 12.5. The minimum absolute atomic E-state index is 0.0414. The third kappa shape index (κ3) is 8.74. The Hall–Kier alpha value is -2.24. The molecule has 146 valence electrons. The number of aliphatic imine (C=N–C) groups is 1. The highest BCUT2D eigenvalue weighted by molar-refractivity contribution is 5.81. The molecule has 0 aromatic heterocycles. The van der Waals surface area contributed by atoms with E-state index < -0.39 is 0 Å². The molecule has 0 spiro atoms. The molecule has 1 aromatic rings. The van der Waals surface area contributed by atoms with Crippen molar-refractivity contribution in [3.63, 3.8) is 0 Å². The number of hydrogen-bond donors (Lipinski definition) is 3. The van der Waals surface area contributed by atoms with Crippen LogP contribution in [-0.4, -0.2) is 43.6 Å². The van der Waals surface area contributed by atoms with Gasteiger partial charge in [0.25, 0.3) is 0 Å². The van der Waals surface area contributed by atoms with Crippen LogP contribution >= 0.6 is 0 Å². The topological polar surface area (TPSA) is 74.8 Å². The fourth-order valence-corrected chi connectivity index (χ4v) is 2.25. The van der Waals surface area contributed by atoms with Gasteiger partial charge in [0.2, 0.25) is 5.91 Å². The number of carbonyl (C=O) groups excluding carboxylic acids is 1. The lowest BCUT2D eigenvalue weighted by Gasteiger charge is -2.16. The van der Waals surface area contributed by atoms with Gasteiger partial charge in [-0.1, -0.05) is 25.1 Å². The summed E-state index contributed by atoms with van der Waals surface area (Å²) in [6.45, 7) is 11.9. The minimum atomic E-state index is -0.0414. The first-order valence-corrected chi connectivity index (χ1v) is 9.50. The molecule has 2 atom stereocenters. The lowest BCUT2D eigenvalue weighted by Crippen LogP contribution is -2.40. The molecule has 3 N–H and O–H groups in total. The quantitative estimate of drug-likeness (QED) is 0.442. The highest BCUT2D eigenvalue weighted by Gasteiger charge is 2.08. The van der Waals surface area contributed by atoms with Gasteiger partial charge in [-0.15, -0.1) is 0 Å². The molecule has 2 unspecified atom stereocenters. The van der Waals surface area contributed by atoms with Crippen LogP contribution in [0.25, 0.3) is 0 Å². The Morgan fingerprint density at radius 2 is 1.92 bits per heavy atom. The number of ether oxygens (including phenoxy) is 1. The Morgan fingerprint density at radius 3 is 2.58 bits per heavy atom. The van der Waals surface area contributed by atoms with Gasteiger partial charge >= 0.3 is 0 Å². The second-order valence-corrected chi connectivity index (χ2v) is 6.47. The van der Waals surface area contributed by atoms with Crippen LogP contribution in [0.2, 0.25) is 0 Å². The third-order valence-electron chi connectivity index (χ3n) is 3.94. The number of nitrogens with zero attached hydrogens (tertiary/aromatic N) is 1. The summed E-state index contributed by atoms with van der Waals surface area (Å²) in [6.07, 6.45) is 1.31. The van der Waals surface area contributed by atoms with Crippen LogP contribution in [-0.2, 0) is 4.79 Å². The van der Waals surface area contributed by atoms with E-state index in [9.17, 15) is 4.79 Å². The smallest absolute Gasteiger partial charge is 0.221 e. The fourth-order valence-electron chi connectivity index (χ4n) is 2.25. The van der Waals surface area contributed by atoms with E-state index >= 15 is 0 Å². The number of carbonyl (C=O) groups is 1. The molecule has 6 nitrogen and oxygen atoms in total. The van der Waals surface area contributed by atoms with Gasteiger partial charge in [-0.2, -0.15) is 0 Å². The van der Waals surface area contributed by atoms with Crippen LogP contribution in [0.15, 0.2) is 29.3 Å². The molecule has 0 aliphatic rings. The summed E-state index contributed by atoms with van der Waals surface area (Å²) in [6, 6.07) is 8.17. The molecule has 0 fully saturated rings. The van der Waals surface area contributed by atoms with Gasteiger partial charge in [0.05, 0.1) is 6.54 Å². The molecule has 0 saturated carbocycles. The van der Waals surface area contributed by atoms with Crippen LogP contribution in [0.1, 0.15) is 46.1 Å². The van der Waals surface area contributed by atoms with Crippen LogP contribution in [0, 0.1) is 6.92 Å². The van der Waals surface area contributed by atoms with Gasteiger partial charge in [-0.3, -0.25) is 4.79 Å². The van der Waals surface area contributed by atoms with Gasteiger partial charge in [0, 0.05) is 25.6 Å². The van der Waals surface area contributed by atoms with Crippen molar-refractivity contribution in [2.75, 3.05) is 19.6 Å². The number of nitrogens with one attached hydrogen (secondary N) is 3. The summed E-state index contributed by atoms with van der Waals surface area (Å²) in [5.41, 5.74) is 1.11. The first kappa shape index (κ1) is 21.8. The van der Waals surface area contributed by atoms with Crippen molar-refractivity contribution < 1.29 is 9.53 Å². The molecule has 0 saturated heterocycles. The Bertz CT molecular complexity index is 575. The summed E-state index contributed by atoms with van der Waals surface area (Å²) in [7, 11) is 0. The lowest BCUT2D eigenvalue weighted by atomic mass is 10.2. The van der Waals surface area contributed by atoms with Crippen molar-refractivity contribution in [2.24, 2.45) is 4.99 Å². The van der Waals surface area contributed by atoms with Crippen LogP contribution < -0.4 is 20.7 Å². The van der Waals surface area contributed by atoms with E-state index in [0.717, 1.165) is 24.3 Å². The molecule has 0 radical (unpaired) electrons. The number of benzene rings is 1. The molecule has 0 heterocycles. The maximum atomic E-state index is 11.8. The Morgan fingerprint density at radius 1 is 1.19 bits per heavy atom. The van der Waals surface area contributed by atoms with Crippen LogP contribution in [0.3, 0.4) is 0 Å². The number of aryl methyl sites for hydroxylation is 1. The van der Waals surface area contributed by atoms with Crippen molar-refractivity contribution in [3.8, 4) is 5.75 Å². The van der Waals surface area contributed by atoms with Gasteiger partial charge in [0.1, 0.15) is 11.9 Å². The third-order valence-corrected chi connectivity index (χ3v) is 3.94. The van der Waals surface area contributed by atoms with Gasteiger partial charge in [-0.05, 0) is 45.7 Å². The summed E-state index contributed by atoms with van der Waals surface area (Å²) < 4.78 is 5.95. The Kier molecular flexibility index (Phi) is 10.2. The molecule has 1 aromatic carbocycles. The Labute approximate surface area is 157 Å². The molecule has 0 bridgehead atoms. The minimum Gasteiger partial charge on any atom is -0.489 e. The average Bonchev–Trinajstić information content (AvgIpc) is 2.61. The van der Waals surface area contributed by atoms with Crippen molar-refractivity contribution in [1.82, 2.24) is 16.0 Å². The summed E-state index contributed by atoms with van der Waals surface area (Å²) >= 11 is 0. The van der Waals surface area contributed by atoms with Crippen molar-refractivity contribution in [3.05, 3.63) is 29.8 Å². The van der Waals surface area contributed by atoms with E-state index in [1.165, 1.54) is 0 Å². The van der Waals surface area contributed by atoms with E-state index in [0.29, 0.717) is 25.5 Å². The van der Waals surface area contributed by atoms with E-state index in [1.807, 2.05) is 52.0 Å². The molecular formula is C20H34N4O2. The average molecular weight is 363 g/mol. The van der Waals surface area contributed by atoms with Gasteiger partial charge < -0.3 is 20.7 Å². The van der Waals surface area contributed by atoms with E-state index in [2.05, 4.69) is 27.9 Å². The fraction of sp³-hybridized carbons (Fsp3) is 0.600. The second kappa shape index (κ2) is 12.2. The zero-order chi connectivity index (χ0) is 19.4. The van der Waals surface area contributed by atoms with Crippen molar-refractivity contribution in [1.29, 1.82) is 0 Å². The number of para-hydroxylation sites is 1. The summed E-state index contributed by atoms with van der Waals surface area (Å²) in [4.78, 5) is 16.4. The highest BCUT2D eigenvalue weighted by Crippen LogP contribution is 2.17. The van der Waals surface area contributed by atoms with Crippen molar-refractivity contribution in [2.45, 2.75) is 59.6 Å². The Balaban J connectivity index is 2.44. The standard InChI is InChI=1S/C20H34N4O2/c1-6-16(4)24-19(25)12-13-22-20(21-7-2)23-14-17(5)26-18-11-9-8-10-15(18)3/h8-11,16-17H,6-7,12-14H2,1-5H3,(H,24,25)(H2,21,22,23). The summed E-state index contributed by atoms with van der Waals surface area (Å²) in [5.74, 6) is 1.64. The number of guanidine groups is 1. The second-order valence-electron chi connectivity index (χ2n) is 6.47. The predicted octanol–water partition coefficient (Wildman–Crippen LogP) is 2.62. The lowest BCUT2D eigenvalue weighted by molar-refractivity contribution is -0.121. The molecule has 26 heavy (non-hydrogen) atoms. The molecule has 0 aliphatic heterocycles. The maximum Gasteiger partial charge on any atom is 0.221 e. The van der Waals surface area contributed by atoms with Gasteiger partial charge in [-0.25, -0.2) is 4.99 Å². The first-order valence-electron chi connectivity index (χ1n) is 9.50. The molecule has 0 aliphatic carbocycles. The van der Waals surface area contributed by atoms with E-state index in [-0.39, 0.29) is 18.1 Å². The van der Waals surface area contributed by atoms with Gasteiger partial charge in [0.15, 0.2) is 5.96 Å². The number of rotatable bonds is 10. The van der Waals surface area contributed by atoms with E-state index in [4.69, 9.17) is 4.74 Å². The predicted molar refractivity (Wildman–Crippen MR) is 108 cm³/mol. The van der Waals surface area contributed by atoms with Crippen molar-refractivity contribution >= 4 is 11.9 Å². The normalized spacial score (nSPS) is 13.7. The zero-order valence-corrected chi connectivity index (χ0v) is 16.8. The maximum absolute atomic E-state index is 11.8. The van der Waals surface area contributed by atoms with E-state index in [1.54, 1.807) is 0 Å². The molecule has 1 rings (SSSR count). The van der Waals surface area contributed by atoms with Crippen LogP contribution in [0.5, 0.6) is 5.75 Å². The molecule has 6 heteroatoms. The summed E-state index contributed by atoms with van der Waals surface area (Å²) in [5, 5.41) is 9.35. The highest BCUT2D eigenvalue weighted by atomic mass is 16.5. The largest absolute Gasteiger partial charge is 0.489 e. The SMILES string of the molecule is CCNC(=NCC(C)Oc1ccccc1C)NCCC(=O)NC(C)CC. The van der Waals surface area contributed by atoms with Crippen LogP contribution in [0.4, 0.5) is 0 Å².